The van der Waals surface area contributed by atoms with Crippen LogP contribution in [0.2, 0.25) is 15.1 Å². The Hall–Kier alpha value is -0.660. The number of alkyl halides is 3. The summed E-state index contributed by atoms with van der Waals surface area (Å²) in [7, 11) is 0. The SMILES string of the molecule is O=C(N[C@H](NC(=S)Nc1c(Cl)cccc1Cl)C(Cl)(Cl)Cl)c1ccccc1Cl. The predicted molar refractivity (Wildman–Crippen MR) is 119 cm³/mol. The molecule has 2 aromatic carbocycles. The molecule has 0 heterocycles. The molecule has 0 saturated heterocycles. The fourth-order valence-electron chi connectivity index (χ4n) is 1.95. The van der Waals surface area contributed by atoms with E-state index in [0.29, 0.717) is 15.7 Å². The standard InChI is InChI=1S/C16H11Cl6N3OS/c17-9-5-2-1-4-8(9)13(26)24-14(16(20,21)22)25-15(27)23-12-10(18)6-3-7-11(12)19/h1-7,14H,(H,24,26)(H2,23,25,27)/t14-/m1/s1. The molecule has 0 fully saturated rings. The van der Waals surface area contributed by atoms with Gasteiger partial charge in [-0.15, -0.1) is 0 Å². The highest BCUT2D eigenvalue weighted by molar-refractivity contribution is 7.80. The van der Waals surface area contributed by atoms with E-state index in [0.717, 1.165) is 0 Å². The first-order valence-corrected chi connectivity index (χ1v) is 9.91. The minimum absolute atomic E-state index is 0.0285. The van der Waals surface area contributed by atoms with Gasteiger partial charge >= 0.3 is 0 Å². The lowest BCUT2D eigenvalue weighted by Gasteiger charge is -2.28. The summed E-state index contributed by atoms with van der Waals surface area (Å²) in [4.78, 5) is 12.5. The quantitative estimate of drug-likeness (QED) is 0.268. The summed E-state index contributed by atoms with van der Waals surface area (Å²) in [6.07, 6.45) is -1.17. The van der Waals surface area contributed by atoms with Crippen LogP contribution in [0.4, 0.5) is 5.69 Å². The Kier molecular flexibility index (Phi) is 8.13. The van der Waals surface area contributed by atoms with Gasteiger partial charge in [0.1, 0.15) is 6.17 Å². The first-order chi connectivity index (χ1) is 12.6. The molecule has 1 atom stereocenters. The molecule has 2 rings (SSSR count). The third kappa shape index (κ3) is 6.43. The third-order valence-electron chi connectivity index (χ3n) is 3.20. The van der Waals surface area contributed by atoms with Gasteiger partial charge in [-0.2, -0.15) is 0 Å². The summed E-state index contributed by atoms with van der Waals surface area (Å²) in [5.41, 5.74) is 0.590. The maximum atomic E-state index is 12.5. The van der Waals surface area contributed by atoms with E-state index in [-0.39, 0.29) is 15.7 Å². The van der Waals surface area contributed by atoms with Crippen molar-refractivity contribution in [1.29, 1.82) is 0 Å². The molecule has 144 valence electrons. The lowest BCUT2D eigenvalue weighted by molar-refractivity contribution is 0.0934. The second kappa shape index (κ2) is 9.70. The first kappa shape index (κ1) is 22.6. The van der Waals surface area contributed by atoms with Gasteiger partial charge in [0.25, 0.3) is 5.91 Å². The van der Waals surface area contributed by atoms with Crippen LogP contribution in [-0.2, 0) is 0 Å². The lowest BCUT2D eigenvalue weighted by atomic mass is 10.2. The largest absolute Gasteiger partial charge is 0.339 e. The molecule has 0 spiro atoms. The number of amides is 1. The summed E-state index contributed by atoms with van der Waals surface area (Å²) < 4.78 is -1.92. The number of para-hydroxylation sites is 1. The van der Waals surface area contributed by atoms with Gasteiger partial charge in [0, 0.05) is 0 Å². The summed E-state index contributed by atoms with van der Waals surface area (Å²) in [5, 5.41) is 9.03. The van der Waals surface area contributed by atoms with Crippen LogP contribution in [-0.4, -0.2) is 21.0 Å². The van der Waals surface area contributed by atoms with Gasteiger partial charge in [0.05, 0.1) is 26.3 Å². The van der Waals surface area contributed by atoms with Crippen LogP contribution < -0.4 is 16.0 Å². The topological polar surface area (TPSA) is 53.2 Å². The molecule has 0 aliphatic rings. The molecule has 4 nitrogen and oxygen atoms in total. The van der Waals surface area contributed by atoms with Crippen LogP contribution in [0.3, 0.4) is 0 Å². The van der Waals surface area contributed by atoms with Crippen molar-refractivity contribution in [1.82, 2.24) is 10.6 Å². The second-order valence-electron chi connectivity index (χ2n) is 5.12. The summed E-state index contributed by atoms with van der Waals surface area (Å²) in [5.74, 6) is -0.553. The average Bonchev–Trinajstić information content (AvgIpc) is 2.57. The number of hydrogen-bond donors (Lipinski definition) is 3. The van der Waals surface area contributed by atoms with E-state index >= 15 is 0 Å². The van der Waals surface area contributed by atoms with Crippen molar-refractivity contribution in [2.75, 3.05) is 5.32 Å². The lowest BCUT2D eigenvalue weighted by Crippen LogP contribution is -2.56. The molecule has 0 aliphatic heterocycles. The van der Waals surface area contributed by atoms with Crippen LogP contribution in [0.25, 0.3) is 0 Å². The van der Waals surface area contributed by atoms with E-state index in [1.807, 2.05) is 0 Å². The number of carbonyl (C=O) groups is 1. The Labute approximate surface area is 191 Å². The smallest absolute Gasteiger partial charge is 0.254 e. The predicted octanol–water partition coefficient (Wildman–Crippen LogP) is 6.06. The Morgan fingerprint density at radius 1 is 0.889 bits per heavy atom. The van der Waals surface area contributed by atoms with E-state index in [2.05, 4.69) is 16.0 Å². The van der Waals surface area contributed by atoms with Crippen LogP contribution in [0.5, 0.6) is 0 Å². The van der Waals surface area contributed by atoms with Gasteiger partial charge in [0.15, 0.2) is 5.11 Å². The number of anilines is 1. The zero-order valence-corrected chi connectivity index (χ0v) is 18.6. The maximum absolute atomic E-state index is 12.5. The number of carbonyl (C=O) groups excluding carboxylic acids is 1. The fourth-order valence-corrected chi connectivity index (χ4v) is 3.21. The molecule has 0 aromatic heterocycles. The fraction of sp³-hybridized carbons (Fsp3) is 0.125. The normalized spacial score (nSPS) is 12.2. The van der Waals surface area contributed by atoms with E-state index in [1.54, 1.807) is 36.4 Å². The van der Waals surface area contributed by atoms with Crippen LogP contribution >= 0.6 is 81.8 Å². The molecular formula is C16H11Cl6N3OS. The van der Waals surface area contributed by atoms with Crippen molar-refractivity contribution in [3.63, 3.8) is 0 Å². The van der Waals surface area contributed by atoms with Gasteiger partial charge in [-0.05, 0) is 36.5 Å². The van der Waals surface area contributed by atoms with E-state index in [4.69, 9.17) is 81.8 Å². The Balaban J connectivity index is 2.14. The first-order valence-electron chi connectivity index (χ1n) is 7.23. The highest BCUT2D eigenvalue weighted by atomic mass is 35.6. The average molecular weight is 506 g/mol. The van der Waals surface area contributed by atoms with E-state index < -0.39 is 15.9 Å². The van der Waals surface area contributed by atoms with Crippen molar-refractivity contribution >= 4 is 98.5 Å². The Bertz CT molecular complexity index is 838. The van der Waals surface area contributed by atoms with Crippen LogP contribution in [0.15, 0.2) is 42.5 Å². The molecule has 3 N–H and O–H groups in total. The van der Waals surface area contributed by atoms with Crippen molar-refractivity contribution < 1.29 is 4.79 Å². The number of rotatable bonds is 4. The maximum Gasteiger partial charge on any atom is 0.254 e. The molecular weight excluding hydrogens is 495 g/mol. The number of nitrogens with one attached hydrogen (secondary N) is 3. The minimum Gasteiger partial charge on any atom is -0.339 e. The molecule has 11 heteroatoms. The van der Waals surface area contributed by atoms with E-state index in [1.165, 1.54) is 6.07 Å². The molecule has 0 aliphatic carbocycles. The number of halogens is 6. The monoisotopic (exact) mass is 503 g/mol. The third-order valence-corrected chi connectivity index (χ3v) is 5.03. The minimum atomic E-state index is -1.92. The molecule has 0 unspecified atom stereocenters. The van der Waals surface area contributed by atoms with Crippen molar-refractivity contribution in [3.8, 4) is 0 Å². The van der Waals surface area contributed by atoms with Gasteiger partial charge in [-0.1, -0.05) is 87.8 Å². The van der Waals surface area contributed by atoms with E-state index in [9.17, 15) is 4.79 Å². The summed E-state index contributed by atoms with van der Waals surface area (Å²) in [6, 6.07) is 11.4. The summed E-state index contributed by atoms with van der Waals surface area (Å²) >= 11 is 41.3. The zero-order chi connectivity index (χ0) is 20.2. The highest BCUT2D eigenvalue weighted by Crippen LogP contribution is 2.31. The second-order valence-corrected chi connectivity index (χ2v) is 9.12. The highest BCUT2D eigenvalue weighted by Gasteiger charge is 2.35. The van der Waals surface area contributed by atoms with Crippen molar-refractivity contribution in [3.05, 3.63) is 63.1 Å². The zero-order valence-electron chi connectivity index (χ0n) is 13.2. The van der Waals surface area contributed by atoms with Crippen LogP contribution in [0.1, 0.15) is 10.4 Å². The van der Waals surface area contributed by atoms with Crippen LogP contribution in [0, 0.1) is 0 Å². The van der Waals surface area contributed by atoms with Gasteiger partial charge < -0.3 is 16.0 Å². The molecule has 27 heavy (non-hydrogen) atoms. The number of benzene rings is 2. The summed E-state index contributed by atoms with van der Waals surface area (Å²) in [6.45, 7) is 0. The molecule has 0 bridgehead atoms. The molecule has 1 amide bonds. The van der Waals surface area contributed by atoms with Gasteiger partial charge in [-0.3, -0.25) is 4.79 Å². The van der Waals surface area contributed by atoms with Crippen molar-refractivity contribution in [2.24, 2.45) is 0 Å². The molecule has 0 radical (unpaired) electrons. The van der Waals surface area contributed by atoms with Gasteiger partial charge in [0.2, 0.25) is 3.79 Å². The molecule has 0 saturated carbocycles. The Morgan fingerprint density at radius 3 is 2.00 bits per heavy atom. The number of hydrogen-bond acceptors (Lipinski definition) is 2. The molecule has 2 aromatic rings. The van der Waals surface area contributed by atoms with Crippen molar-refractivity contribution in [2.45, 2.75) is 9.96 Å². The number of thiocarbonyl (C=S) groups is 1. The van der Waals surface area contributed by atoms with Gasteiger partial charge in [-0.25, -0.2) is 0 Å². The Morgan fingerprint density at radius 2 is 1.44 bits per heavy atom.